The second kappa shape index (κ2) is 8.48. The standard InChI is InChI=1S/C24H30N6O2/c1-17-14-18(2)30(27-17)13-8-21(31)29-12-3-9-24(16-29,15-19-4-5-19)23-26-22(32-28-23)20-6-10-25-11-7-20/h6-7,10-11,14,19H,3-5,8-9,12-13,15-16H2,1-2H3. The van der Waals surface area contributed by atoms with Crippen LogP contribution >= 0.6 is 0 Å². The highest BCUT2D eigenvalue weighted by molar-refractivity contribution is 5.76. The summed E-state index contributed by atoms with van der Waals surface area (Å²) in [4.78, 5) is 24.0. The van der Waals surface area contributed by atoms with E-state index in [2.05, 4.69) is 15.2 Å². The number of carbonyl (C=O) groups excluding carboxylic acids is 1. The molecule has 1 saturated carbocycles. The molecule has 0 bridgehead atoms. The number of amides is 1. The van der Waals surface area contributed by atoms with Gasteiger partial charge in [0.2, 0.25) is 5.91 Å². The van der Waals surface area contributed by atoms with Crippen molar-refractivity contribution < 1.29 is 9.32 Å². The van der Waals surface area contributed by atoms with Crippen LogP contribution in [-0.2, 0) is 16.8 Å². The van der Waals surface area contributed by atoms with Crippen molar-refractivity contribution in [2.75, 3.05) is 13.1 Å². The van der Waals surface area contributed by atoms with E-state index in [9.17, 15) is 4.79 Å². The van der Waals surface area contributed by atoms with E-state index in [0.29, 0.717) is 31.3 Å². The van der Waals surface area contributed by atoms with Gasteiger partial charge in [-0.1, -0.05) is 18.0 Å². The molecule has 1 atom stereocenters. The van der Waals surface area contributed by atoms with E-state index in [1.807, 2.05) is 41.6 Å². The maximum absolute atomic E-state index is 13.2. The minimum atomic E-state index is -0.234. The number of hydrogen-bond donors (Lipinski definition) is 0. The summed E-state index contributed by atoms with van der Waals surface area (Å²) in [6.45, 7) is 6.07. The minimum absolute atomic E-state index is 0.176. The van der Waals surface area contributed by atoms with E-state index in [-0.39, 0.29) is 11.3 Å². The zero-order valence-electron chi connectivity index (χ0n) is 18.8. The van der Waals surface area contributed by atoms with Crippen molar-refractivity contribution in [1.29, 1.82) is 0 Å². The Kier molecular flexibility index (Phi) is 5.53. The molecular weight excluding hydrogens is 404 g/mol. The van der Waals surface area contributed by atoms with Crippen LogP contribution < -0.4 is 0 Å². The molecule has 2 aliphatic rings. The molecule has 1 unspecified atom stereocenters. The van der Waals surface area contributed by atoms with E-state index in [1.54, 1.807) is 12.4 Å². The van der Waals surface area contributed by atoms with Crippen LogP contribution in [0.5, 0.6) is 0 Å². The first-order valence-electron chi connectivity index (χ1n) is 11.6. The van der Waals surface area contributed by atoms with E-state index in [4.69, 9.17) is 9.51 Å². The molecule has 1 aliphatic heterocycles. The number of carbonyl (C=O) groups is 1. The summed E-state index contributed by atoms with van der Waals surface area (Å²) in [6, 6.07) is 5.80. The fourth-order valence-electron chi connectivity index (χ4n) is 4.97. The van der Waals surface area contributed by atoms with Gasteiger partial charge in [-0.05, 0) is 57.2 Å². The summed E-state index contributed by atoms with van der Waals surface area (Å²) < 4.78 is 7.57. The average molecular weight is 435 g/mol. The van der Waals surface area contributed by atoms with Crippen LogP contribution in [0.2, 0.25) is 0 Å². The Morgan fingerprint density at radius 3 is 2.78 bits per heavy atom. The highest BCUT2D eigenvalue weighted by Crippen LogP contribution is 2.46. The zero-order chi connectivity index (χ0) is 22.1. The van der Waals surface area contributed by atoms with Gasteiger partial charge in [-0.15, -0.1) is 0 Å². The number of rotatable bonds is 7. The monoisotopic (exact) mass is 434 g/mol. The smallest absolute Gasteiger partial charge is 0.258 e. The predicted octanol–water partition coefficient (Wildman–Crippen LogP) is 3.70. The minimum Gasteiger partial charge on any atom is -0.342 e. The van der Waals surface area contributed by atoms with Crippen molar-refractivity contribution >= 4 is 5.91 Å². The van der Waals surface area contributed by atoms with Crippen LogP contribution in [0.1, 0.15) is 55.7 Å². The van der Waals surface area contributed by atoms with Crippen LogP contribution in [0.3, 0.4) is 0 Å². The number of likely N-dealkylation sites (tertiary alicyclic amines) is 1. The zero-order valence-corrected chi connectivity index (χ0v) is 18.8. The van der Waals surface area contributed by atoms with Crippen LogP contribution in [0.15, 0.2) is 35.1 Å². The van der Waals surface area contributed by atoms with Crippen LogP contribution in [0.4, 0.5) is 0 Å². The molecule has 4 heterocycles. The second-order valence-corrected chi connectivity index (χ2v) is 9.41. The Morgan fingerprint density at radius 1 is 1.25 bits per heavy atom. The first-order chi connectivity index (χ1) is 15.5. The quantitative estimate of drug-likeness (QED) is 0.563. The molecule has 1 aliphatic carbocycles. The Morgan fingerprint density at radius 2 is 2.06 bits per heavy atom. The summed E-state index contributed by atoms with van der Waals surface area (Å²) in [6.07, 6.45) is 9.37. The lowest BCUT2D eigenvalue weighted by Crippen LogP contribution is -2.49. The van der Waals surface area contributed by atoms with Gasteiger partial charge in [0.1, 0.15) is 0 Å². The van der Waals surface area contributed by atoms with Gasteiger partial charge in [0.25, 0.3) is 5.89 Å². The number of nitrogens with zero attached hydrogens (tertiary/aromatic N) is 6. The molecule has 8 heteroatoms. The predicted molar refractivity (Wildman–Crippen MR) is 119 cm³/mol. The SMILES string of the molecule is Cc1cc(C)n(CCC(=O)N2CCCC(CC3CC3)(c3noc(-c4ccncc4)n3)C2)n1. The van der Waals surface area contributed by atoms with Crippen molar-refractivity contribution in [3.8, 4) is 11.5 Å². The molecule has 32 heavy (non-hydrogen) atoms. The third-order valence-corrected chi connectivity index (χ3v) is 6.77. The van der Waals surface area contributed by atoms with Crippen molar-refractivity contribution in [3.63, 3.8) is 0 Å². The van der Waals surface area contributed by atoms with Crippen LogP contribution in [0.25, 0.3) is 11.5 Å². The topological polar surface area (TPSA) is 89.9 Å². The van der Waals surface area contributed by atoms with Crippen molar-refractivity contribution in [2.24, 2.45) is 5.92 Å². The Hall–Kier alpha value is -3.03. The summed E-state index contributed by atoms with van der Waals surface area (Å²) in [7, 11) is 0. The number of hydrogen-bond acceptors (Lipinski definition) is 6. The maximum Gasteiger partial charge on any atom is 0.258 e. The number of pyridine rings is 1. The normalized spacial score (nSPS) is 21.1. The van der Waals surface area contributed by atoms with E-state index in [1.165, 1.54) is 12.8 Å². The van der Waals surface area contributed by atoms with Crippen molar-refractivity contribution in [2.45, 2.75) is 64.3 Å². The van der Waals surface area contributed by atoms with Gasteiger partial charge in [-0.2, -0.15) is 10.1 Å². The second-order valence-electron chi connectivity index (χ2n) is 9.41. The van der Waals surface area contributed by atoms with Crippen molar-refractivity contribution in [3.05, 3.63) is 47.8 Å². The van der Waals surface area contributed by atoms with Crippen LogP contribution in [-0.4, -0.2) is 48.8 Å². The van der Waals surface area contributed by atoms with E-state index in [0.717, 1.165) is 48.6 Å². The lowest BCUT2D eigenvalue weighted by molar-refractivity contribution is -0.134. The molecule has 5 rings (SSSR count). The Bertz CT molecular complexity index is 1090. The lowest BCUT2D eigenvalue weighted by atomic mass is 9.74. The van der Waals surface area contributed by atoms with Gasteiger partial charge < -0.3 is 9.42 Å². The van der Waals surface area contributed by atoms with Gasteiger partial charge in [0, 0.05) is 49.7 Å². The largest absolute Gasteiger partial charge is 0.342 e. The summed E-state index contributed by atoms with van der Waals surface area (Å²) in [5, 5.41) is 8.90. The molecule has 2 fully saturated rings. The van der Waals surface area contributed by atoms with Gasteiger partial charge in [0.05, 0.1) is 11.1 Å². The molecule has 1 amide bonds. The fraction of sp³-hybridized carbons (Fsp3) is 0.542. The Labute approximate surface area is 188 Å². The third kappa shape index (κ3) is 4.31. The molecule has 3 aromatic rings. The molecular formula is C24H30N6O2. The number of aryl methyl sites for hydroxylation is 3. The lowest BCUT2D eigenvalue weighted by Gasteiger charge is -2.41. The number of aromatic nitrogens is 5. The summed E-state index contributed by atoms with van der Waals surface area (Å²) >= 11 is 0. The molecule has 3 aromatic heterocycles. The van der Waals surface area contributed by atoms with Crippen LogP contribution in [0, 0.1) is 19.8 Å². The molecule has 0 aromatic carbocycles. The highest BCUT2D eigenvalue weighted by Gasteiger charge is 2.45. The van der Waals surface area contributed by atoms with Crippen molar-refractivity contribution in [1.82, 2.24) is 29.8 Å². The molecule has 8 nitrogen and oxygen atoms in total. The molecule has 1 saturated heterocycles. The first-order valence-corrected chi connectivity index (χ1v) is 11.6. The third-order valence-electron chi connectivity index (χ3n) is 6.77. The Balaban J connectivity index is 1.34. The fourth-order valence-corrected chi connectivity index (χ4v) is 4.97. The molecule has 0 spiro atoms. The number of piperidine rings is 1. The maximum atomic E-state index is 13.2. The summed E-state index contributed by atoms with van der Waals surface area (Å²) in [5.41, 5.74) is 2.71. The highest BCUT2D eigenvalue weighted by atomic mass is 16.5. The van der Waals surface area contributed by atoms with Gasteiger partial charge >= 0.3 is 0 Å². The molecule has 0 radical (unpaired) electrons. The summed E-state index contributed by atoms with van der Waals surface area (Å²) in [5.74, 6) is 2.13. The molecule has 168 valence electrons. The van der Waals surface area contributed by atoms with Gasteiger partial charge in [-0.3, -0.25) is 14.5 Å². The van der Waals surface area contributed by atoms with E-state index < -0.39 is 0 Å². The van der Waals surface area contributed by atoms with Gasteiger partial charge in [-0.25, -0.2) is 0 Å². The molecule has 0 N–H and O–H groups in total. The first kappa shape index (κ1) is 20.8. The van der Waals surface area contributed by atoms with Gasteiger partial charge in [0.15, 0.2) is 5.82 Å². The average Bonchev–Trinajstić information content (AvgIpc) is 3.34. The van der Waals surface area contributed by atoms with E-state index >= 15 is 0 Å².